The minimum atomic E-state index is -0.705. The van der Waals surface area contributed by atoms with Gasteiger partial charge in [0.15, 0.2) is 0 Å². The van der Waals surface area contributed by atoms with Gasteiger partial charge in [-0.15, -0.1) is 0 Å². The van der Waals surface area contributed by atoms with Crippen LogP contribution in [0.2, 0.25) is 0 Å². The van der Waals surface area contributed by atoms with Crippen molar-refractivity contribution < 1.29 is 28.6 Å². The van der Waals surface area contributed by atoms with Crippen molar-refractivity contribution in [1.82, 2.24) is 0 Å². The average Bonchev–Trinajstić information content (AvgIpc) is 3.05. The molecule has 0 aromatic heterocycles. The lowest BCUT2D eigenvalue weighted by Gasteiger charge is -2.35. The minimum absolute atomic E-state index is 0.00186. The maximum absolute atomic E-state index is 12.8. The van der Waals surface area contributed by atoms with E-state index >= 15 is 0 Å². The van der Waals surface area contributed by atoms with E-state index in [1.807, 2.05) is 6.07 Å². The Morgan fingerprint density at radius 3 is 2.16 bits per heavy atom. The van der Waals surface area contributed by atoms with Crippen LogP contribution in [0.5, 0.6) is 0 Å². The molecule has 0 atom stereocenters. The van der Waals surface area contributed by atoms with E-state index in [1.165, 1.54) is 27.4 Å². The van der Waals surface area contributed by atoms with Crippen molar-refractivity contribution in [1.29, 1.82) is 0 Å². The molecule has 170 valence electrons. The lowest BCUT2D eigenvalue weighted by molar-refractivity contribution is -0.139. The molecule has 3 rings (SSSR count). The van der Waals surface area contributed by atoms with E-state index in [4.69, 9.17) is 14.2 Å². The van der Waals surface area contributed by atoms with Crippen LogP contribution in [0.3, 0.4) is 0 Å². The topological polar surface area (TPSA) is 85.4 Å². The second-order valence-corrected chi connectivity index (χ2v) is 7.68. The Balaban J connectivity index is 2.22. The lowest BCUT2D eigenvalue weighted by Crippen LogP contribution is -2.35. The molecule has 1 aromatic rings. The summed E-state index contributed by atoms with van der Waals surface area (Å²) in [5, 5.41) is 0. The van der Waals surface area contributed by atoms with Gasteiger partial charge in [-0.25, -0.2) is 14.4 Å². The highest BCUT2D eigenvalue weighted by Gasteiger charge is 2.30. The normalized spacial score (nSPS) is 16.6. The van der Waals surface area contributed by atoms with Crippen LogP contribution < -0.4 is 9.80 Å². The highest BCUT2D eigenvalue weighted by Crippen LogP contribution is 2.37. The van der Waals surface area contributed by atoms with Gasteiger partial charge in [0.05, 0.1) is 43.8 Å². The lowest BCUT2D eigenvalue weighted by atomic mass is 9.98. The number of rotatable bonds is 5. The molecule has 2 heterocycles. The Hall–Kier alpha value is -3.55. The molecule has 2 aliphatic heterocycles. The number of nitrogens with zero attached hydrogens (tertiary/aromatic N) is 2. The highest BCUT2D eigenvalue weighted by molar-refractivity contribution is 6.06. The average molecular weight is 440 g/mol. The molecule has 8 nitrogen and oxygen atoms in total. The Morgan fingerprint density at radius 1 is 0.875 bits per heavy atom. The van der Waals surface area contributed by atoms with Gasteiger partial charge in [0, 0.05) is 19.3 Å². The first-order valence-electron chi connectivity index (χ1n) is 10.4. The van der Waals surface area contributed by atoms with Crippen molar-refractivity contribution in [2.75, 3.05) is 44.2 Å². The van der Waals surface area contributed by atoms with Crippen molar-refractivity contribution in [3.63, 3.8) is 0 Å². The largest absolute Gasteiger partial charge is 0.465 e. The molecule has 0 aliphatic carbocycles. The molecule has 0 bridgehead atoms. The number of hydrogen-bond acceptors (Lipinski definition) is 8. The van der Waals surface area contributed by atoms with E-state index in [2.05, 4.69) is 11.8 Å². The monoisotopic (exact) mass is 440 g/mol. The summed E-state index contributed by atoms with van der Waals surface area (Å²) in [6.45, 7) is 3.90. The predicted octanol–water partition coefficient (Wildman–Crippen LogP) is 3.20. The molecule has 1 aromatic carbocycles. The summed E-state index contributed by atoms with van der Waals surface area (Å²) in [5.74, 6) is -1.25. The number of allylic oxidation sites excluding steroid dienone is 2. The van der Waals surface area contributed by atoms with Gasteiger partial charge in [0.25, 0.3) is 0 Å². The van der Waals surface area contributed by atoms with E-state index in [1.54, 1.807) is 35.4 Å². The molecule has 1 saturated heterocycles. The van der Waals surface area contributed by atoms with Crippen molar-refractivity contribution in [2.24, 2.45) is 5.92 Å². The summed E-state index contributed by atoms with van der Waals surface area (Å²) in [6.07, 6.45) is 8.56. The number of hydrogen-bond donors (Lipinski definition) is 0. The summed E-state index contributed by atoms with van der Waals surface area (Å²) in [7, 11) is 3.81. The first kappa shape index (κ1) is 23.1. The van der Waals surface area contributed by atoms with Crippen LogP contribution in [0.4, 0.5) is 11.4 Å². The van der Waals surface area contributed by atoms with E-state index in [-0.39, 0.29) is 11.3 Å². The van der Waals surface area contributed by atoms with Gasteiger partial charge >= 0.3 is 17.9 Å². The van der Waals surface area contributed by atoms with E-state index in [0.717, 1.165) is 31.6 Å². The fourth-order valence-corrected chi connectivity index (χ4v) is 3.83. The molecule has 0 saturated carbocycles. The van der Waals surface area contributed by atoms with Crippen molar-refractivity contribution in [2.45, 2.75) is 19.8 Å². The van der Waals surface area contributed by atoms with Gasteiger partial charge in [-0.3, -0.25) is 0 Å². The number of benzene rings is 1. The zero-order valence-electron chi connectivity index (χ0n) is 18.8. The second kappa shape index (κ2) is 10.2. The van der Waals surface area contributed by atoms with E-state index < -0.39 is 17.9 Å². The van der Waals surface area contributed by atoms with Gasteiger partial charge in [-0.2, -0.15) is 0 Å². The summed E-state index contributed by atoms with van der Waals surface area (Å²) in [5.41, 5.74) is 1.76. The molecule has 1 fully saturated rings. The third kappa shape index (κ3) is 4.69. The number of esters is 3. The fourth-order valence-electron chi connectivity index (χ4n) is 3.83. The zero-order valence-corrected chi connectivity index (χ0v) is 18.8. The Morgan fingerprint density at radius 2 is 1.53 bits per heavy atom. The molecule has 8 heteroatoms. The van der Waals surface area contributed by atoms with Gasteiger partial charge in [-0.05, 0) is 49.1 Å². The van der Waals surface area contributed by atoms with Gasteiger partial charge in [0.1, 0.15) is 5.70 Å². The highest BCUT2D eigenvalue weighted by atomic mass is 16.5. The van der Waals surface area contributed by atoms with Crippen LogP contribution in [-0.4, -0.2) is 52.3 Å². The molecule has 0 radical (unpaired) electrons. The number of carbonyl (C=O) groups is 3. The third-order valence-electron chi connectivity index (χ3n) is 5.67. The number of anilines is 2. The third-order valence-corrected chi connectivity index (χ3v) is 5.67. The van der Waals surface area contributed by atoms with E-state index in [9.17, 15) is 14.4 Å². The second-order valence-electron chi connectivity index (χ2n) is 7.68. The fraction of sp³-hybridized carbons (Fsp3) is 0.375. The van der Waals surface area contributed by atoms with Crippen LogP contribution in [0.15, 0.2) is 53.9 Å². The van der Waals surface area contributed by atoms with Gasteiger partial charge in [0.2, 0.25) is 0 Å². The van der Waals surface area contributed by atoms with Crippen molar-refractivity contribution in [3.8, 4) is 0 Å². The first-order chi connectivity index (χ1) is 15.4. The Bertz CT molecular complexity index is 986. The van der Waals surface area contributed by atoms with Crippen molar-refractivity contribution >= 4 is 29.3 Å². The molecule has 32 heavy (non-hydrogen) atoms. The summed E-state index contributed by atoms with van der Waals surface area (Å²) >= 11 is 0. The summed E-state index contributed by atoms with van der Waals surface area (Å²) in [6, 6.07) is 5.20. The summed E-state index contributed by atoms with van der Waals surface area (Å²) in [4.78, 5) is 41.4. The molecule has 2 aliphatic rings. The van der Waals surface area contributed by atoms with Crippen LogP contribution in [0, 0.1) is 5.92 Å². The molecule has 0 amide bonds. The molecule has 0 unspecified atom stereocenters. The van der Waals surface area contributed by atoms with Crippen LogP contribution in [-0.2, 0) is 23.8 Å². The maximum Gasteiger partial charge on any atom is 0.355 e. The van der Waals surface area contributed by atoms with Crippen LogP contribution in [0.1, 0.15) is 30.1 Å². The van der Waals surface area contributed by atoms with E-state index in [0.29, 0.717) is 17.2 Å². The van der Waals surface area contributed by atoms with Crippen LogP contribution in [0.25, 0.3) is 0 Å². The minimum Gasteiger partial charge on any atom is -0.465 e. The molecule has 0 N–H and O–H groups in total. The number of methoxy groups -OCH3 is 3. The van der Waals surface area contributed by atoms with Crippen LogP contribution >= 0.6 is 0 Å². The maximum atomic E-state index is 12.8. The molecular formula is C24H28N2O6. The van der Waals surface area contributed by atoms with Crippen molar-refractivity contribution in [3.05, 3.63) is 59.5 Å². The number of ether oxygens (including phenoxy) is 3. The molecular weight excluding hydrogens is 412 g/mol. The SMILES string of the molecule is COC(=O)C1=C(C(=O)OC)N(c2cc(C(=O)OC)ccc2N2CCC(C)CC2)C=CC=C1. The van der Waals surface area contributed by atoms with Gasteiger partial charge < -0.3 is 24.0 Å². The standard InChI is InChI=1S/C24H28N2O6/c1-16-10-13-25(14-11-16)19-9-8-17(22(27)30-2)15-20(19)26-12-6-5-7-18(23(28)31-3)21(26)24(29)32-4/h5-9,12,15-16H,10-11,13-14H2,1-4H3. The predicted molar refractivity (Wildman–Crippen MR) is 120 cm³/mol. The Labute approximate surface area is 187 Å². The number of piperidine rings is 1. The summed E-state index contributed by atoms with van der Waals surface area (Å²) < 4.78 is 14.8. The first-order valence-corrected chi connectivity index (χ1v) is 10.4. The molecule has 0 spiro atoms. The number of carbonyl (C=O) groups excluding carboxylic acids is 3. The smallest absolute Gasteiger partial charge is 0.355 e. The quantitative estimate of drug-likeness (QED) is 0.510. The Kier molecular flexibility index (Phi) is 7.35. The van der Waals surface area contributed by atoms with Gasteiger partial charge in [-0.1, -0.05) is 13.0 Å². The zero-order chi connectivity index (χ0) is 23.3.